The molecule has 26 heavy (non-hydrogen) atoms. The molecule has 0 spiro atoms. The maximum Gasteiger partial charge on any atom is 0.0454 e. The van der Waals surface area contributed by atoms with Gasteiger partial charge >= 0.3 is 0 Å². The molecule has 0 saturated carbocycles. The van der Waals surface area contributed by atoms with Gasteiger partial charge in [-0.3, -0.25) is 0 Å². The quantitative estimate of drug-likeness (QED) is 0.152. The Morgan fingerprint density at radius 3 is 2.58 bits per heavy atom. The monoisotopic (exact) mass is 568 g/mol. The number of nitrogens with one attached hydrogen (secondary N) is 1. The van der Waals surface area contributed by atoms with E-state index in [0.29, 0.717) is 6.54 Å². The Kier molecular flexibility index (Phi) is 6.74. The first-order valence-electron chi connectivity index (χ1n) is 8.29. The summed E-state index contributed by atoms with van der Waals surface area (Å²) in [6.45, 7) is 2.52. The summed E-state index contributed by atoms with van der Waals surface area (Å²) in [5.74, 6) is 0. The normalized spacial score (nSPS) is 13.2. The minimum atomic E-state index is -0.0519. The molecule has 0 radical (unpaired) electrons. The van der Waals surface area contributed by atoms with Crippen molar-refractivity contribution in [2.75, 3.05) is 6.54 Å². The predicted molar refractivity (Wildman–Crippen MR) is 124 cm³/mol. The highest BCUT2D eigenvalue weighted by Crippen LogP contribution is 2.28. The molecule has 0 aliphatic carbocycles. The summed E-state index contributed by atoms with van der Waals surface area (Å²) >= 11 is 4.70. The number of nitrogens with zero attached hydrogens (tertiary/aromatic N) is 3. The molecule has 0 saturated heterocycles. The second-order valence-corrected chi connectivity index (χ2v) is 8.42. The molecular weight excluding hydrogens is 550 g/mol. The van der Waals surface area contributed by atoms with Crippen LogP contribution in [0.2, 0.25) is 0 Å². The van der Waals surface area contributed by atoms with E-state index in [2.05, 4.69) is 116 Å². The summed E-state index contributed by atoms with van der Waals surface area (Å²) in [4.78, 5) is 2.97. The SMILES string of the molecule is CC(N[C@@H](CN=[N+]=[N-])c1cccc2ccccc12)c1ccc(I)c(I)c1. The van der Waals surface area contributed by atoms with Crippen molar-refractivity contribution in [3.05, 3.63) is 89.4 Å². The number of azide groups is 1. The number of fused-ring (bicyclic) bond motifs is 1. The van der Waals surface area contributed by atoms with Crippen LogP contribution in [0.3, 0.4) is 0 Å². The van der Waals surface area contributed by atoms with E-state index in [0.717, 1.165) is 5.56 Å². The van der Waals surface area contributed by atoms with Gasteiger partial charge in [-0.15, -0.1) is 0 Å². The zero-order valence-electron chi connectivity index (χ0n) is 14.2. The fourth-order valence-electron chi connectivity index (χ4n) is 3.09. The van der Waals surface area contributed by atoms with E-state index < -0.39 is 0 Å². The van der Waals surface area contributed by atoms with Gasteiger partial charge in [0.2, 0.25) is 0 Å². The molecule has 0 fully saturated rings. The highest BCUT2D eigenvalue weighted by atomic mass is 127. The molecule has 3 aromatic rings. The van der Waals surface area contributed by atoms with Gasteiger partial charge in [-0.1, -0.05) is 53.6 Å². The van der Waals surface area contributed by atoms with Gasteiger partial charge in [-0.25, -0.2) is 0 Å². The fraction of sp³-hybridized carbons (Fsp3) is 0.200. The number of hydrogen-bond donors (Lipinski definition) is 1. The van der Waals surface area contributed by atoms with Crippen molar-refractivity contribution in [1.29, 1.82) is 0 Å². The minimum Gasteiger partial charge on any atom is -0.303 e. The van der Waals surface area contributed by atoms with Crippen molar-refractivity contribution in [2.24, 2.45) is 5.11 Å². The highest BCUT2D eigenvalue weighted by molar-refractivity contribution is 14.1. The van der Waals surface area contributed by atoms with Gasteiger partial charge in [0.05, 0.1) is 0 Å². The van der Waals surface area contributed by atoms with Crippen molar-refractivity contribution in [2.45, 2.75) is 19.0 Å². The van der Waals surface area contributed by atoms with E-state index in [1.807, 2.05) is 12.1 Å². The first-order chi connectivity index (χ1) is 12.6. The molecule has 0 amide bonds. The molecule has 1 unspecified atom stereocenters. The van der Waals surface area contributed by atoms with E-state index in [-0.39, 0.29) is 12.1 Å². The van der Waals surface area contributed by atoms with E-state index in [1.165, 1.54) is 23.5 Å². The summed E-state index contributed by atoms with van der Waals surface area (Å²) in [6.07, 6.45) is 0. The van der Waals surface area contributed by atoms with Gasteiger partial charge < -0.3 is 5.32 Å². The van der Waals surface area contributed by atoms with Crippen molar-refractivity contribution in [3.8, 4) is 0 Å². The Labute approximate surface area is 180 Å². The molecule has 6 heteroatoms. The third-order valence-electron chi connectivity index (χ3n) is 4.42. The molecule has 3 aromatic carbocycles. The van der Waals surface area contributed by atoms with Gasteiger partial charge in [-0.2, -0.15) is 0 Å². The van der Waals surface area contributed by atoms with Crippen LogP contribution < -0.4 is 5.32 Å². The molecular formula is C20H18I2N4. The molecule has 0 bridgehead atoms. The number of hydrogen-bond acceptors (Lipinski definition) is 2. The molecule has 132 valence electrons. The Morgan fingerprint density at radius 1 is 1.04 bits per heavy atom. The van der Waals surface area contributed by atoms with Gasteiger partial charge in [0, 0.05) is 30.7 Å². The first kappa shape index (κ1) is 19.4. The summed E-state index contributed by atoms with van der Waals surface area (Å²) in [5.41, 5.74) is 11.2. The molecule has 4 nitrogen and oxygen atoms in total. The Morgan fingerprint density at radius 2 is 1.81 bits per heavy atom. The van der Waals surface area contributed by atoms with Crippen LogP contribution in [0.1, 0.15) is 30.1 Å². The second kappa shape index (κ2) is 9.03. The summed E-state index contributed by atoms with van der Waals surface area (Å²) < 4.78 is 2.49. The maximum atomic E-state index is 8.82. The Hall–Kier alpha value is -1.35. The molecule has 0 heterocycles. The van der Waals surface area contributed by atoms with Crippen molar-refractivity contribution < 1.29 is 0 Å². The lowest BCUT2D eigenvalue weighted by Crippen LogP contribution is -2.27. The van der Waals surface area contributed by atoms with Crippen LogP contribution in [0.5, 0.6) is 0 Å². The lowest BCUT2D eigenvalue weighted by atomic mass is 9.97. The van der Waals surface area contributed by atoms with Gasteiger partial charge in [-0.05, 0) is 91.7 Å². The van der Waals surface area contributed by atoms with Crippen LogP contribution in [0.4, 0.5) is 0 Å². The molecule has 0 aliphatic rings. The molecule has 2 atom stereocenters. The van der Waals surface area contributed by atoms with Gasteiger partial charge in [0.1, 0.15) is 0 Å². The summed E-state index contributed by atoms with van der Waals surface area (Å²) in [7, 11) is 0. The number of halogens is 2. The highest BCUT2D eigenvalue weighted by Gasteiger charge is 2.17. The van der Waals surface area contributed by atoms with Crippen LogP contribution in [0.15, 0.2) is 65.8 Å². The second-order valence-electron chi connectivity index (χ2n) is 6.10. The third-order valence-corrected chi connectivity index (χ3v) is 7.29. The van der Waals surface area contributed by atoms with E-state index in [9.17, 15) is 0 Å². The summed E-state index contributed by atoms with van der Waals surface area (Å²) in [5, 5.41) is 9.88. The van der Waals surface area contributed by atoms with Gasteiger partial charge in [0.15, 0.2) is 0 Å². The maximum absolute atomic E-state index is 8.82. The average Bonchev–Trinajstić information content (AvgIpc) is 2.66. The van der Waals surface area contributed by atoms with Crippen molar-refractivity contribution in [3.63, 3.8) is 0 Å². The van der Waals surface area contributed by atoms with E-state index >= 15 is 0 Å². The molecule has 0 aliphatic heterocycles. The third kappa shape index (κ3) is 4.49. The smallest absolute Gasteiger partial charge is 0.0454 e. The lowest BCUT2D eigenvalue weighted by molar-refractivity contribution is 0.475. The van der Waals surface area contributed by atoms with Crippen molar-refractivity contribution in [1.82, 2.24) is 5.32 Å². The lowest BCUT2D eigenvalue weighted by Gasteiger charge is -2.24. The summed E-state index contributed by atoms with van der Waals surface area (Å²) in [6, 6.07) is 21.1. The first-order valence-corrected chi connectivity index (χ1v) is 10.5. The van der Waals surface area contributed by atoms with E-state index in [4.69, 9.17) is 5.53 Å². The van der Waals surface area contributed by atoms with Crippen LogP contribution >= 0.6 is 45.2 Å². The fourth-order valence-corrected chi connectivity index (χ4v) is 3.97. The molecule has 3 rings (SSSR count). The zero-order valence-corrected chi connectivity index (χ0v) is 18.5. The number of rotatable bonds is 6. The van der Waals surface area contributed by atoms with Crippen LogP contribution in [-0.4, -0.2) is 6.54 Å². The Bertz CT molecular complexity index is 962. The topological polar surface area (TPSA) is 60.8 Å². The van der Waals surface area contributed by atoms with E-state index in [1.54, 1.807) is 0 Å². The number of benzene rings is 3. The largest absolute Gasteiger partial charge is 0.303 e. The van der Waals surface area contributed by atoms with Crippen molar-refractivity contribution >= 4 is 56.0 Å². The standard InChI is InChI=1S/C20H18I2N4/c1-13(15-9-10-18(21)19(22)11-15)25-20(12-24-26-23)17-8-4-6-14-5-2-3-7-16(14)17/h2-11,13,20,25H,12H2,1H3/t13?,20-/m0/s1. The minimum absolute atomic E-state index is 0.0519. The zero-order chi connectivity index (χ0) is 18.5. The predicted octanol–water partition coefficient (Wildman–Crippen LogP) is 6.75. The van der Waals surface area contributed by atoms with Crippen LogP contribution in [-0.2, 0) is 0 Å². The Balaban J connectivity index is 1.95. The molecule has 0 aromatic heterocycles. The van der Waals surface area contributed by atoms with Crippen LogP contribution in [0.25, 0.3) is 21.2 Å². The van der Waals surface area contributed by atoms with Gasteiger partial charge in [0.25, 0.3) is 0 Å². The average molecular weight is 568 g/mol. The molecule has 1 N–H and O–H groups in total. The van der Waals surface area contributed by atoms with Crippen LogP contribution in [0, 0.1) is 7.14 Å².